The molecule has 2 saturated heterocycles. The van der Waals surface area contributed by atoms with Gasteiger partial charge in [0.05, 0.1) is 5.92 Å². The minimum atomic E-state index is -0.195. The largest absolute Gasteiger partial charge is 0.355 e. The lowest BCUT2D eigenvalue weighted by molar-refractivity contribution is -0.127. The maximum Gasteiger partial charge on any atom is 0.224 e. The Hall–Kier alpha value is -0.880. The fraction of sp³-hybridized carbons (Fsp3) is 0.650. The van der Waals surface area contributed by atoms with Crippen molar-refractivity contribution in [3.05, 3.63) is 35.6 Å². The molecule has 1 amide bonds. The number of likely N-dealkylation sites (tertiary alicyclic amines) is 1. The standard InChI is InChI=1S/C20H30FN3O.2ClH/c1-20(7-9-22-10-8-20)15-23-19(25)17-5-3-11-24(14-17)13-16-4-2-6-18(21)12-16;;/h2,4,6,12,17,22H,3,5,7-11,13-15H2,1H3,(H,23,25);2*1H. The normalized spacial score (nSPS) is 22.2. The van der Waals surface area contributed by atoms with Crippen LogP contribution in [0.5, 0.6) is 0 Å². The van der Waals surface area contributed by atoms with Crippen molar-refractivity contribution in [2.45, 2.75) is 39.2 Å². The second-order valence-corrected chi connectivity index (χ2v) is 7.98. The Balaban J connectivity index is 0.00000182. The number of rotatable bonds is 5. The fourth-order valence-corrected chi connectivity index (χ4v) is 3.96. The summed E-state index contributed by atoms with van der Waals surface area (Å²) in [5, 5.41) is 6.58. The molecule has 1 aromatic rings. The van der Waals surface area contributed by atoms with Crippen molar-refractivity contribution in [2.75, 3.05) is 32.7 Å². The number of benzene rings is 1. The number of carbonyl (C=O) groups excluding carboxylic acids is 1. The van der Waals surface area contributed by atoms with Gasteiger partial charge in [0.2, 0.25) is 5.91 Å². The molecule has 1 unspecified atom stereocenters. The van der Waals surface area contributed by atoms with Crippen molar-refractivity contribution < 1.29 is 9.18 Å². The number of carbonyl (C=O) groups is 1. The predicted octanol–water partition coefficient (Wildman–Crippen LogP) is 3.39. The first-order chi connectivity index (χ1) is 12.0. The van der Waals surface area contributed by atoms with E-state index in [-0.39, 0.29) is 47.9 Å². The van der Waals surface area contributed by atoms with Gasteiger partial charge in [-0.05, 0) is 68.4 Å². The fourth-order valence-electron chi connectivity index (χ4n) is 3.96. The molecular weight excluding hydrogens is 388 g/mol. The average molecular weight is 420 g/mol. The highest BCUT2D eigenvalue weighted by Crippen LogP contribution is 2.27. The Labute approximate surface area is 174 Å². The highest BCUT2D eigenvalue weighted by Gasteiger charge is 2.30. The number of hydrogen-bond acceptors (Lipinski definition) is 3. The molecule has 2 fully saturated rings. The molecule has 27 heavy (non-hydrogen) atoms. The van der Waals surface area contributed by atoms with Gasteiger partial charge in [0.1, 0.15) is 5.82 Å². The molecule has 0 aromatic heterocycles. The molecule has 154 valence electrons. The summed E-state index contributed by atoms with van der Waals surface area (Å²) in [6, 6.07) is 6.75. The molecule has 2 N–H and O–H groups in total. The van der Waals surface area contributed by atoms with Crippen molar-refractivity contribution in [1.82, 2.24) is 15.5 Å². The van der Waals surface area contributed by atoms with Crippen LogP contribution in [0, 0.1) is 17.2 Å². The molecule has 0 aliphatic carbocycles. The highest BCUT2D eigenvalue weighted by molar-refractivity contribution is 5.85. The van der Waals surface area contributed by atoms with Crippen LogP contribution in [-0.4, -0.2) is 43.5 Å². The summed E-state index contributed by atoms with van der Waals surface area (Å²) in [5.74, 6) is 0.0374. The zero-order chi connectivity index (χ0) is 17.7. The van der Waals surface area contributed by atoms with E-state index in [2.05, 4.69) is 22.5 Å². The molecule has 7 heteroatoms. The molecule has 1 atom stereocenters. The van der Waals surface area contributed by atoms with E-state index in [9.17, 15) is 9.18 Å². The average Bonchev–Trinajstić information content (AvgIpc) is 2.61. The van der Waals surface area contributed by atoms with Crippen LogP contribution < -0.4 is 10.6 Å². The summed E-state index contributed by atoms with van der Waals surface area (Å²) >= 11 is 0. The Morgan fingerprint density at radius 2 is 2.07 bits per heavy atom. The molecule has 2 aliphatic rings. The van der Waals surface area contributed by atoms with Crippen molar-refractivity contribution in [3.8, 4) is 0 Å². The van der Waals surface area contributed by atoms with Crippen LogP contribution >= 0.6 is 24.8 Å². The monoisotopic (exact) mass is 419 g/mol. The van der Waals surface area contributed by atoms with Crippen LogP contribution in [0.1, 0.15) is 38.2 Å². The van der Waals surface area contributed by atoms with Gasteiger partial charge in [-0.25, -0.2) is 4.39 Å². The van der Waals surface area contributed by atoms with E-state index in [4.69, 9.17) is 0 Å². The second kappa shape index (κ2) is 11.2. The molecule has 0 radical (unpaired) electrons. The molecule has 0 saturated carbocycles. The molecule has 0 bridgehead atoms. The first-order valence-electron chi connectivity index (χ1n) is 9.49. The molecule has 2 aliphatic heterocycles. The van der Waals surface area contributed by atoms with Gasteiger partial charge in [0, 0.05) is 19.6 Å². The van der Waals surface area contributed by atoms with Crippen LogP contribution in [0.2, 0.25) is 0 Å². The van der Waals surface area contributed by atoms with Crippen molar-refractivity contribution in [2.24, 2.45) is 11.3 Å². The summed E-state index contributed by atoms with van der Waals surface area (Å²) in [7, 11) is 0. The summed E-state index contributed by atoms with van der Waals surface area (Å²) in [6.45, 7) is 7.57. The van der Waals surface area contributed by atoms with Gasteiger partial charge in [-0.15, -0.1) is 24.8 Å². The number of nitrogens with zero attached hydrogens (tertiary/aromatic N) is 1. The second-order valence-electron chi connectivity index (χ2n) is 7.98. The van der Waals surface area contributed by atoms with E-state index in [0.29, 0.717) is 6.54 Å². The Bertz CT molecular complexity index is 596. The lowest BCUT2D eigenvalue weighted by Crippen LogP contribution is -2.47. The minimum absolute atomic E-state index is 0. The third-order valence-corrected chi connectivity index (χ3v) is 5.67. The van der Waals surface area contributed by atoms with Gasteiger partial charge in [-0.1, -0.05) is 19.1 Å². The number of amides is 1. The highest BCUT2D eigenvalue weighted by atomic mass is 35.5. The maximum atomic E-state index is 13.4. The van der Waals surface area contributed by atoms with Crippen molar-refractivity contribution in [1.29, 1.82) is 0 Å². The van der Waals surface area contributed by atoms with Crippen molar-refractivity contribution in [3.63, 3.8) is 0 Å². The van der Waals surface area contributed by atoms with Crippen LogP contribution in [0.15, 0.2) is 24.3 Å². The smallest absolute Gasteiger partial charge is 0.224 e. The zero-order valence-electron chi connectivity index (χ0n) is 16.0. The quantitative estimate of drug-likeness (QED) is 0.768. The van der Waals surface area contributed by atoms with E-state index in [1.807, 2.05) is 6.07 Å². The SMILES string of the molecule is CC1(CNC(=O)C2CCCN(Cc3cccc(F)c3)C2)CCNCC1.Cl.Cl. The molecule has 4 nitrogen and oxygen atoms in total. The third kappa shape index (κ3) is 7.22. The number of halogens is 3. The summed E-state index contributed by atoms with van der Waals surface area (Å²) in [5.41, 5.74) is 1.19. The van der Waals surface area contributed by atoms with Crippen LogP contribution in [0.3, 0.4) is 0 Å². The van der Waals surface area contributed by atoms with Crippen LogP contribution in [0.25, 0.3) is 0 Å². The van der Waals surface area contributed by atoms with Gasteiger partial charge in [-0.2, -0.15) is 0 Å². The molecule has 2 heterocycles. The zero-order valence-corrected chi connectivity index (χ0v) is 17.6. The maximum absolute atomic E-state index is 13.4. The van der Waals surface area contributed by atoms with Gasteiger partial charge in [-0.3, -0.25) is 9.69 Å². The first kappa shape index (κ1) is 24.2. The Kier molecular flexibility index (Phi) is 10.0. The number of piperidine rings is 2. The van der Waals surface area contributed by atoms with Crippen molar-refractivity contribution >= 4 is 30.7 Å². The summed E-state index contributed by atoms with van der Waals surface area (Å²) in [4.78, 5) is 14.9. The van der Waals surface area contributed by atoms with Gasteiger partial charge >= 0.3 is 0 Å². The first-order valence-corrected chi connectivity index (χ1v) is 9.49. The Morgan fingerprint density at radius 3 is 2.78 bits per heavy atom. The van der Waals surface area contributed by atoms with Gasteiger partial charge in [0.25, 0.3) is 0 Å². The van der Waals surface area contributed by atoms with Crippen LogP contribution in [-0.2, 0) is 11.3 Å². The lowest BCUT2D eigenvalue weighted by Gasteiger charge is -2.36. The summed E-state index contributed by atoms with van der Waals surface area (Å²) < 4.78 is 13.4. The predicted molar refractivity (Wildman–Crippen MR) is 112 cm³/mol. The lowest BCUT2D eigenvalue weighted by atomic mass is 9.81. The van der Waals surface area contributed by atoms with E-state index in [1.165, 1.54) is 6.07 Å². The van der Waals surface area contributed by atoms with E-state index >= 15 is 0 Å². The van der Waals surface area contributed by atoms with Gasteiger partial charge in [0.15, 0.2) is 0 Å². The van der Waals surface area contributed by atoms with E-state index < -0.39 is 0 Å². The molecule has 3 rings (SSSR count). The van der Waals surface area contributed by atoms with Gasteiger partial charge < -0.3 is 10.6 Å². The molecule has 1 aromatic carbocycles. The third-order valence-electron chi connectivity index (χ3n) is 5.67. The van der Waals surface area contributed by atoms with Crippen LogP contribution in [0.4, 0.5) is 4.39 Å². The molecular formula is C20H32Cl2FN3O. The Morgan fingerprint density at radius 1 is 1.33 bits per heavy atom. The van der Waals surface area contributed by atoms with E-state index in [1.54, 1.807) is 12.1 Å². The molecule has 0 spiro atoms. The number of hydrogen-bond donors (Lipinski definition) is 2. The minimum Gasteiger partial charge on any atom is -0.355 e. The topological polar surface area (TPSA) is 44.4 Å². The summed E-state index contributed by atoms with van der Waals surface area (Å²) in [6.07, 6.45) is 4.20. The number of nitrogens with one attached hydrogen (secondary N) is 2. The van der Waals surface area contributed by atoms with E-state index in [0.717, 1.165) is 64.0 Å².